The van der Waals surface area contributed by atoms with Gasteiger partial charge in [-0.2, -0.15) is 10.5 Å². The number of nitriles is 2. The first-order chi connectivity index (χ1) is 28.0. The van der Waals surface area contributed by atoms with Gasteiger partial charge in [-0.1, -0.05) is 12.1 Å². The molecule has 8 aromatic rings. The van der Waals surface area contributed by atoms with Crippen molar-refractivity contribution in [2.24, 2.45) is 0 Å². The zero-order chi connectivity index (χ0) is 41.1. The van der Waals surface area contributed by atoms with Crippen molar-refractivity contribution in [3.63, 3.8) is 0 Å². The summed E-state index contributed by atoms with van der Waals surface area (Å²) in [5.74, 6) is 1.01. The number of imidazole rings is 2. The van der Waals surface area contributed by atoms with E-state index in [1.54, 1.807) is 12.4 Å². The quantitative estimate of drug-likeness (QED) is 0.116. The smallest absolute Gasteiger partial charge is 0.150 e. The zero-order valence-corrected chi connectivity index (χ0v) is 33.4. The number of benzene rings is 2. The first-order valence-electron chi connectivity index (χ1n) is 17.1. The lowest BCUT2D eigenvalue weighted by atomic mass is 10.2. The first kappa shape index (κ1) is 39.1. The van der Waals surface area contributed by atoms with Crippen LogP contribution in [-0.4, -0.2) is 49.0 Å². The van der Waals surface area contributed by atoms with Crippen LogP contribution in [-0.2, 0) is 0 Å². The highest BCUT2D eigenvalue weighted by molar-refractivity contribution is 9.11. The summed E-state index contributed by atoms with van der Waals surface area (Å²) in [6, 6.07) is 17.2. The molecule has 0 fully saturated rings. The van der Waals surface area contributed by atoms with Gasteiger partial charge in [0.05, 0.1) is 70.3 Å². The van der Waals surface area contributed by atoms with Crippen molar-refractivity contribution in [3.05, 3.63) is 129 Å². The van der Waals surface area contributed by atoms with Crippen LogP contribution in [0.15, 0.2) is 94.9 Å². The van der Waals surface area contributed by atoms with Crippen molar-refractivity contribution in [1.29, 1.82) is 10.5 Å². The van der Waals surface area contributed by atoms with E-state index in [0.717, 1.165) is 43.4 Å². The van der Waals surface area contributed by atoms with Crippen molar-refractivity contribution >= 4 is 77.2 Å². The summed E-state index contributed by atoms with van der Waals surface area (Å²) in [6.07, 6.45) is 7.96. The largest absolute Gasteiger partial charge is 0.382 e. The van der Waals surface area contributed by atoms with Crippen LogP contribution in [0.5, 0.6) is 0 Å². The molecule has 0 radical (unpaired) electrons. The van der Waals surface area contributed by atoms with E-state index < -0.39 is 23.7 Å². The maximum atomic E-state index is 13.9. The molecule has 6 aromatic heterocycles. The number of halogens is 4. The Kier molecular flexibility index (Phi) is 11.1. The van der Waals surface area contributed by atoms with Gasteiger partial charge in [0.2, 0.25) is 0 Å². The fraction of sp³-hybridized carbons (Fsp3) is 0.105. The standard InChI is InChI=1S/2C19H14BrFN8/c2*1-10(27-18-13(6-22)17(23)25-9-26-18)19-28-15-4-2-3-14(20)16(15)29(19)12-5-11(21)7-24-8-12/h2*2-5,7-10H,1H3,(H3,23,25,26,27)/t2*10-/m10/s1. The number of nitrogens with zero attached hydrogens (tertiary/aromatic N) is 12. The number of para-hydroxylation sites is 2. The van der Waals surface area contributed by atoms with Crippen molar-refractivity contribution in [2.75, 3.05) is 22.1 Å². The molecular weight excluding hydrogens is 878 g/mol. The molecule has 2 atom stereocenters. The molecule has 0 aliphatic carbocycles. The number of pyridine rings is 2. The summed E-state index contributed by atoms with van der Waals surface area (Å²) in [5, 5.41) is 25.1. The summed E-state index contributed by atoms with van der Waals surface area (Å²) in [4.78, 5) is 33.3. The number of nitrogens with two attached hydrogens (primary N) is 2. The second kappa shape index (κ2) is 16.5. The molecule has 16 nitrogen and oxygen atoms in total. The molecule has 2 aromatic carbocycles. The van der Waals surface area contributed by atoms with Crippen LogP contribution in [0.2, 0.25) is 0 Å². The number of nitrogen functional groups attached to an aromatic ring is 2. The van der Waals surface area contributed by atoms with E-state index in [1.165, 1.54) is 24.8 Å². The Bertz CT molecular complexity index is 2720. The number of anilines is 4. The van der Waals surface area contributed by atoms with Gasteiger partial charge in [0.25, 0.3) is 0 Å². The van der Waals surface area contributed by atoms with E-state index in [4.69, 9.17) is 21.4 Å². The van der Waals surface area contributed by atoms with Gasteiger partial charge in [-0.25, -0.2) is 38.7 Å². The SMILES string of the molecule is C[C@@H](Nc1ncnc(N)c1C#N)c1nc2cccc(Br)c2n1-c1cncc(F)c1.C[C@H](Nc1ncnc(N)c1C#N)c1nc2cccc(Br)c2n1-c1cncc(F)c1. The molecule has 0 saturated heterocycles. The van der Waals surface area contributed by atoms with Crippen molar-refractivity contribution in [2.45, 2.75) is 25.9 Å². The number of hydrogen-bond acceptors (Lipinski definition) is 14. The second-order valence-corrected chi connectivity index (χ2v) is 14.2. The van der Waals surface area contributed by atoms with Gasteiger partial charge < -0.3 is 22.1 Å². The third-order valence-corrected chi connectivity index (χ3v) is 9.94. The van der Waals surface area contributed by atoms with E-state index in [-0.39, 0.29) is 22.8 Å². The minimum absolute atomic E-state index is 0.0859. The predicted molar refractivity (Wildman–Crippen MR) is 219 cm³/mol. The van der Waals surface area contributed by atoms with E-state index in [9.17, 15) is 19.3 Å². The predicted octanol–water partition coefficient (Wildman–Crippen LogP) is 7.48. The molecule has 20 heteroatoms. The highest BCUT2D eigenvalue weighted by Gasteiger charge is 2.24. The first-order valence-corrected chi connectivity index (χ1v) is 18.7. The molecule has 58 heavy (non-hydrogen) atoms. The summed E-state index contributed by atoms with van der Waals surface area (Å²) in [7, 11) is 0. The van der Waals surface area contributed by atoms with Gasteiger partial charge in [0.15, 0.2) is 0 Å². The molecule has 288 valence electrons. The van der Waals surface area contributed by atoms with Gasteiger partial charge in [0, 0.05) is 21.1 Å². The second-order valence-electron chi connectivity index (χ2n) is 12.5. The lowest BCUT2D eigenvalue weighted by Crippen LogP contribution is -2.15. The molecule has 0 spiro atoms. The Morgan fingerprint density at radius 1 is 0.655 bits per heavy atom. The average molecular weight is 907 g/mol. The monoisotopic (exact) mass is 904 g/mol. The van der Waals surface area contributed by atoms with Crippen molar-refractivity contribution in [3.8, 4) is 23.5 Å². The van der Waals surface area contributed by atoms with E-state index in [1.807, 2.05) is 71.5 Å². The number of nitrogens with one attached hydrogen (secondary N) is 2. The summed E-state index contributed by atoms with van der Waals surface area (Å²) >= 11 is 7.10. The Hall–Kier alpha value is -7.16. The fourth-order valence-corrected chi connectivity index (χ4v) is 7.20. The Morgan fingerprint density at radius 3 is 1.45 bits per heavy atom. The molecule has 0 aliphatic rings. The van der Waals surface area contributed by atoms with Crippen molar-refractivity contribution < 1.29 is 8.78 Å². The normalized spacial score (nSPS) is 11.9. The highest BCUT2D eigenvalue weighted by atomic mass is 79.9. The van der Waals surface area contributed by atoms with Crippen LogP contribution in [0.3, 0.4) is 0 Å². The molecule has 0 aliphatic heterocycles. The van der Waals surface area contributed by atoms with Gasteiger partial charge in [0.1, 0.15) is 82.5 Å². The Balaban J connectivity index is 0.000000177. The molecule has 8 rings (SSSR count). The highest BCUT2D eigenvalue weighted by Crippen LogP contribution is 2.34. The van der Waals surface area contributed by atoms with Crippen LogP contribution in [0.4, 0.5) is 32.1 Å². The third-order valence-electron chi connectivity index (χ3n) is 8.66. The molecule has 0 unspecified atom stereocenters. The Morgan fingerprint density at radius 2 is 1.07 bits per heavy atom. The van der Waals surface area contributed by atoms with E-state index in [2.05, 4.69) is 72.4 Å². The fourth-order valence-electron chi connectivity index (χ4n) is 6.13. The number of hydrogen-bond donors (Lipinski definition) is 4. The summed E-state index contributed by atoms with van der Waals surface area (Å²) in [6.45, 7) is 3.72. The van der Waals surface area contributed by atoms with Crippen LogP contribution >= 0.6 is 31.9 Å². The van der Waals surface area contributed by atoms with Gasteiger partial charge in [-0.15, -0.1) is 0 Å². The number of rotatable bonds is 8. The van der Waals surface area contributed by atoms with Gasteiger partial charge in [-0.05, 0) is 70.0 Å². The van der Waals surface area contributed by atoms with Crippen LogP contribution < -0.4 is 22.1 Å². The maximum Gasteiger partial charge on any atom is 0.150 e. The number of aromatic nitrogens is 10. The summed E-state index contributed by atoms with van der Waals surface area (Å²) < 4.78 is 33.0. The van der Waals surface area contributed by atoms with Crippen LogP contribution in [0.1, 0.15) is 48.7 Å². The van der Waals surface area contributed by atoms with Crippen LogP contribution in [0.25, 0.3) is 33.4 Å². The lowest BCUT2D eigenvalue weighted by molar-refractivity contribution is 0.618. The maximum absolute atomic E-state index is 13.9. The topological polar surface area (TPSA) is 237 Å². The molecular formula is C38H28Br2F2N16. The number of fused-ring (bicyclic) bond motifs is 2. The zero-order valence-electron chi connectivity index (χ0n) is 30.3. The van der Waals surface area contributed by atoms with Gasteiger partial charge >= 0.3 is 0 Å². The summed E-state index contributed by atoms with van der Waals surface area (Å²) in [5.41, 5.74) is 15.9. The van der Waals surface area contributed by atoms with Gasteiger partial charge in [-0.3, -0.25) is 19.1 Å². The third kappa shape index (κ3) is 7.65. The Labute approximate surface area is 345 Å². The lowest BCUT2D eigenvalue weighted by Gasteiger charge is -2.17. The molecule has 6 heterocycles. The average Bonchev–Trinajstić information content (AvgIpc) is 3.80. The minimum atomic E-state index is -0.460. The molecule has 0 saturated carbocycles. The van der Waals surface area contributed by atoms with Crippen LogP contribution in [0, 0.1) is 34.3 Å². The molecule has 0 bridgehead atoms. The van der Waals surface area contributed by atoms with E-state index >= 15 is 0 Å². The minimum Gasteiger partial charge on any atom is -0.382 e. The van der Waals surface area contributed by atoms with Crippen molar-refractivity contribution in [1.82, 2.24) is 49.0 Å². The molecule has 6 N–H and O–H groups in total. The molecule has 0 amide bonds. The van der Waals surface area contributed by atoms with E-state index in [0.29, 0.717) is 34.7 Å².